The van der Waals surface area contributed by atoms with Gasteiger partial charge in [-0.15, -0.1) is 0 Å². The van der Waals surface area contributed by atoms with Crippen molar-refractivity contribution in [3.8, 4) is 22.9 Å². The van der Waals surface area contributed by atoms with E-state index < -0.39 is 23.1 Å². The van der Waals surface area contributed by atoms with Crippen molar-refractivity contribution in [2.24, 2.45) is 0 Å². The van der Waals surface area contributed by atoms with Crippen molar-refractivity contribution >= 4 is 49.3 Å². The Morgan fingerprint density at radius 2 is 1.74 bits per heavy atom. The first-order valence-electron chi connectivity index (χ1n) is 12.9. The van der Waals surface area contributed by atoms with Crippen LogP contribution in [0.25, 0.3) is 26.9 Å². The molecule has 1 amide bonds. The van der Waals surface area contributed by atoms with E-state index in [1.165, 1.54) is 58.4 Å². The van der Waals surface area contributed by atoms with Crippen molar-refractivity contribution in [1.82, 2.24) is 14.5 Å². The number of carbonyl (C=O) groups is 1. The average Bonchev–Trinajstić information content (AvgIpc) is 3.43. The molecular weight excluding hydrogens is 576 g/mol. The second-order valence-corrected chi connectivity index (χ2v) is 10.6. The van der Waals surface area contributed by atoms with E-state index in [-0.39, 0.29) is 17.0 Å². The molecule has 3 aromatic carbocycles. The normalized spacial score (nSPS) is 11.1. The van der Waals surface area contributed by atoms with Crippen molar-refractivity contribution in [3.63, 3.8) is 0 Å². The van der Waals surface area contributed by atoms with Crippen molar-refractivity contribution in [2.75, 3.05) is 31.4 Å². The third-order valence-electron chi connectivity index (χ3n) is 6.57. The third-order valence-corrected chi connectivity index (χ3v) is 7.80. The third kappa shape index (κ3) is 5.35. The SMILES string of the molecule is COc1ccc2c(Oc3ccc(NC(=O)c4cc5nc(N(C)C)sc5n(-c5ccc(F)cc5)c4=O)cc3F)ccnc2c1. The summed E-state index contributed by atoms with van der Waals surface area (Å²) in [5.74, 6) is -1.01. The number of ether oxygens (including phenoxy) is 2. The molecule has 0 saturated carbocycles. The van der Waals surface area contributed by atoms with E-state index in [2.05, 4.69) is 15.3 Å². The van der Waals surface area contributed by atoms with Crippen LogP contribution in [0, 0.1) is 11.6 Å². The van der Waals surface area contributed by atoms with Gasteiger partial charge in [-0.2, -0.15) is 0 Å². The number of nitrogens with one attached hydrogen (secondary N) is 1. The lowest BCUT2D eigenvalue weighted by Gasteiger charge is -2.12. The molecule has 0 bridgehead atoms. The number of halogens is 2. The van der Waals surface area contributed by atoms with Crippen molar-refractivity contribution in [1.29, 1.82) is 0 Å². The zero-order valence-corrected chi connectivity index (χ0v) is 23.9. The summed E-state index contributed by atoms with van der Waals surface area (Å²) in [6.07, 6.45) is 1.54. The van der Waals surface area contributed by atoms with Crippen LogP contribution in [0.3, 0.4) is 0 Å². The molecular formula is C31H23F2N5O4S. The number of pyridine rings is 2. The maximum absolute atomic E-state index is 15.2. The average molecular weight is 600 g/mol. The molecule has 6 aromatic rings. The Kier molecular flexibility index (Phi) is 7.20. The van der Waals surface area contributed by atoms with Crippen LogP contribution in [0.5, 0.6) is 17.2 Å². The second kappa shape index (κ2) is 11.1. The number of rotatable bonds is 7. The number of benzene rings is 3. The summed E-state index contributed by atoms with van der Waals surface area (Å²) in [5.41, 5.74) is 0.648. The Morgan fingerprint density at radius 1 is 0.953 bits per heavy atom. The number of anilines is 2. The van der Waals surface area contributed by atoms with Crippen molar-refractivity contribution in [3.05, 3.63) is 107 Å². The Labute approximate surface area is 247 Å². The molecule has 1 N–H and O–H groups in total. The van der Waals surface area contributed by atoms with Crippen LogP contribution < -0.4 is 25.2 Å². The van der Waals surface area contributed by atoms with Gasteiger partial charge in [0.1, 0.15) is 33.2 Å². The number of carbonyl (C=O) groups excluding carboxylic acids is 1. The fraction of sp³-hybridized carbons (Fsp3) is 0.0968. The molecule has 0 aliphatic carbocycles. The molecule has 43 heavy (non-hydrogen) atoms. The minimum absolute atomic E-state index is 0.0694. The van der Waals surface area contributed by atoms with E-state index in [0.29, 0.717) is 43.6 Å². The van der Waals surface area contributed by atoms with Crippen LogP contribution >= 0.6 is 11.3 Å². The lowest BCUT2D eigenvalue weighted by molar-refractivity contribution is 0.102. The van der Waals surface area contributed by atoms with Crippen LogP contribution in [-0.2, 0) is 0 Å². The maximum atomic E-state index is 15.2. The quantitative estimate of drug-likeness (QED) is 0.227. The van der Waals surface area contributed by atoms with Gasteiger partial charge in [-0.05, 0) is 60.7 Å². The summed E-state index contributed by atoms with van der Waals surface area (Å²) in [4.78, 5) is 38.1. The molecule has 0 fully saturated rings. The van der Waals surface area contributed by atoms with Gasteiger partial charge in [0.05, 0.1) is 18.3 Å². The van der Waals surface area contributed by atoms with Crippen LogP contribution in [0.2, 0.25) is 0 Å². The standard InChI is InChI=1S/C31H23F2N5O4S/c1-37(2)31-36-25-16-22(29(40)38(30(25)43-31)19-7-4-17(32)5-8-19)28(39)35-18-6-11-27(23(33)14-18)42-26-12-13-34-24-15-20(41-3)9-10-21(24)26/h4-16H,1-3H3,(H,35,39). The first-order valence-corrected chi connectivity index (χ1v) is 13.7. The molecule has 3 heterocycles. The second-order valence-electron chi connectivity index (χ2n) is 9.65. The molecule has 9 nitrogen and oxygen atoms in total. The summed E-state index contributed by atoms with van der Waals surface area (Å²) in [6, 6.07) is 17.6. The topological polar surface area (TPSA) is 98.6 Å². The fourth-order valence-electron chi connectivity index (χ4n) is 4.45. The number of hydrogen-bond donors (Lipinski definition) is 1. The van der Waals surface area contributed by atoms with Gasteiger partial charge in [-0.25, -0.2) is 13.8 Å². The molecule has 0 unspecified atom stereocenters. The largest absolute Gasteiger partial charge is 0.497 e. The van der Waals surface area contributed by atoms with E-state index in [0.717, 1.165) is 6.07 Å². The molecule has 0 radical (unpaired) electrons. The van der Waals surface area contributed by atoms with Crippen LogP contribution in [-0.4, -0.2) is 41.6 Å². The number of aromatic nitrogens is 3. The van der Waals surface area contributed by atoms with Gasteiger partial charge < -0.3 is 19.7 Å². The van der Waals surface area contributed by atoms with Crippen LogP contribution in [0.4, 0.5) is 19.6 Å². The van der Waals surface area contributed by atoms with Gasteiger partial charge in [-0.3, -0.25) is 19.1 Å². The number of thiazole rings is 1. The molecule has 0 spiro atoms. The smallest absolute Gasteiger partial charge is 0.269 e. The molecule has 12 heteroatoms. The zero-order chi connectivity index (χ0) is 30.2. The highest BCUT2D eigenvalue weighted by molar-refractivity contribution is 7.21. The number of hydrogen-bond acceptors (Lipinski definition) is 8. The van der Waals surface area contributed by atoms with Crippen LogP contribution in [0.1, 0.15) is 10.4 Å². The van der Waals surface area contributed by atoms with Crippen molar-refractivity contribution in [2.45, 2.75) is 0 Å². The summed E-state index contributed by atoms with van der Waals surface area (Å²) >= 11 is 1.25. The van der Waals surface area contributed by atoms with Gasteiger partial charge in [-0.1, -0.05) is 11.3 Å². The number of amides is 1. The summed E-state index contributed by atoms with van der Waals surface area (Å²) in [7, 11) is 5.17. The molecule has 0 aliphatic rings. The summed E-state index contributed by atoms with van der Waals surface area (Å²) in [5, 5.41) is 3.86. The molecule has 3 aromatic heterocycles. The first-order chi connectivity index (χ1) is 20.7. The fourth-order valence-corrected chi connectivity index (χ4v) is 5.44. The Bertz CT molecular complexity index is 2080. The van der Waals surface area contributed by atoms with E-state index in [1.807, 2.05) is 14.1 Å². The molecule has 0 aliphatic heterocycles. The van der Waals surface area contributed by atoms with Gasteiger partial charge in [0.2, 0.25) is 0 Å². The predicted octanol–water partition coefficient (Wildman–Crippen LogP) is 6.39. The first kappa shape index (κ1) is 27.8. The lowest BCUT2D eigenvalue weighted by atomic mass is 10.2. The van der Waals surface area contributed by atoms with Gasteiger partial charge >= 0.3 is 0 Å². The minimum atomic E-state index is -0.760. The molecule has 6 rings (SSSR count). The number of methoxy groups -OCH3 is 1. The van der Waals surface area contributed by atoms with Gasteiger partial charge in [0, 0.05) is 43.5 Å². The minimum Gasteiger partial charge on any atom is -0.497 e. The summed E-state index contributed by atoms with van der Waals surface area (Å²) < 4.78 is 41.2. The molecule has 0 saturated heterocycles. The molecule has 0 atom stereocenters. The predicted molar refractivity (Wildman–Crippen MR) is 162 cm³/mol. The molecule has 216 valence electrons. The number of fused-ring (bicyclic) bond motifs is 2. The maximum Gasteiger partial charge on any atom is 0.269 e. The summed E-state index contributed by atoms with van der Waals surface area (Å²) in [6.45, 7) is 0. The number of nitrogens with zero attached hydrogens (tertiary/aromatic N) is 4. The van der Waals surface area contributed by atoms with E-state index in [1.54, 1.807) is 42.5 Å². The van der Waals surface area contributed by atoms with Crippen molar-refractivity contribution < 1.29 is 23.0 Å². The van der Waals surface area contributed by atoms with Gasteiger partial charge in [0.25, 0.3) is 11.5 Å². The highest BCUT2D eigenvalue weighted by atomic mass is 32.1. The van der Waals surface area contributed by atoms with Crippen LogP contribution in [0.15, 0.2) is 83.8 Å². The zero-order valence-electron chi connectivity index (χ0n) is 23.1. The van der Waals surface area contributed by atoms with E-state index >= 15 is 4.39 Å². The monoisotopic (exact) mass is 599 g/mol. The van der Waals surface area contributed by atoms with E-state index in [9.17, 15) is 14.0 Å². The van der Waals surface area contributed by atoms with E-state index in [4.69, 9.17) is 9.47 Å². The Morgan fingerprint density at radius 3 is 2.47 bits per heavy atom. The Balaban J connectivity index is 1.31. The lowest BCUT2D eigenvalue weighted by Crippen LogP contribution is -2.28. The highest BCUT2D eigenvalue weighted by Gasteiger charge is 2.21. The highest BCUT2D eigenvalue weighted by Crippen LogP contribution is 2.33. The Hall–Kier alpha value is -5.36. The van der Waals surface area contributed by atoms with Gasteiger partial charge in [0.15, 0.2) is 16.7 Å².